The van der Waals surface area contributed by atoms with E-state index >= 15 is 0 Å². The Morgan fingerprint density at radius 3 is 1.94 bits per heavy atom. The first-order valence-electron chi connectivity index (χ1n) is 6.60. The lowest BCUT2D eigenvalue weighted by Gasteiger charge is -2.29. The van der Waals surface area contributed by atoms with Gasteiger partial charge < -0.3 is 18.0 Å². The van der Waals surface area contributed by atoms with Crippen molar-refractivity contribution in [2.75, 3.05) is 13.2 Å². The molecular formula is C12H26O5Si. The minimum atomic E-state index is -2.72. The van der Waals surface area contributed by atoms with Crippen LogP contribution in [0, 0.1) is 0 Å². The van der Waals surface area contributed by atoms with Crippen molar-refractivity contribution in [1.82, 2.24) is 0 Å². The third-order valence-corrected chi connectivity index (χ3v) is 4.26. The maximum Gasteiger partial charge on any atom is 0.500 e. The maximum absolute atomic E-state index is 11.0. The molecule has 0 rings (SSSR count). The summed E-state index contributed by atoms with van der Waals surface area (Å²) >= 11 is 0. The van der Waals surface area contributed by atoms with Crippen LogP contribution in [0.5, 0.6) is 0 Å². The zero-order valence-electron chi connectivity index (χ0n) is 12.2. The van der Waals surface area contributed by atoms with Gasteiger partial charge in [0, 0.05) is 33.1 Å². The number of rotatable bonds is 10. The average molecular weight is 278 g/mol. The average Bonchev–Trinajstić information content (AvgIpc) is 2.33. The lowest BCUT2D eigenvalue weighted by molar-refractivity contribution is -0.168. The van der Waals surface area contributed by atoms with Crippen molar-refractivity contribution in [3.05, 3.63) is 0 Å². The molecule has 1 unspecified atom stereocenters. The summed E-state index contributed by atoms with van der Waals surface area (Å²) in [5, 5.41) is 0. The first kappa shape index (κ1) is 17.6. The molecule has 0 aliphatic carbocycles. The number of hydrogen-bond donors (Lipinski definition) is 0. The van der Waals surface area contributed by atoms with E-state index < -0.39 is 15.1 Å². The van der Waals surface area contributed by atoms with Crippen LogP contribution in [0.25, 0.3) is 0 Å². The highest BCUT2D eigenvalue weighted by Gasteiger charge is 2.38. The van der Waals surface area contributed by atoms with Crippen molar-refractivity contribution >= 4 is 14.8 Å². The molecule has 0 aliphatic rings. The number of carbonyl (C=O) groups excluding carboxylic acids is 1. The van der Waals surface area contributed by atoms with Crippen LogP contribution < -0.4 is 0 Å². The van der Waals surface area contributed by atoms with Crippen LogP contribution in [0.15, 0.2) is 0 Å². The predicted octanol–water partition coefficient (Wildman–Crippen LogP) is 2.72. The van der Waals surface area contributed by atoms with Gasteiger partial charge in [-0.25, -0.2) is 0 Å². The summed E-state index contributed by atoms with van der Waals surface area (Å²) in [5.41, 5.74) is 0. The van der Waals surface area contributed by atoms with Gasteiger partial charge in [0.1, 0.15) is 0 Å². The van der Waals surface area contributed by atoms with Gasteiger partial charge in [-0.05, 0) is 12.8 Å². The lowest BCUT2D eigenvalue weighted by Crippen LogP contribution is -2.46. The largest absolute Gasteiger partial charge is 0.500 e. The smallest absolute Gasteiger partial charge is 0.437 e. The van der Waals surface area contributed by atoms with Gasteiger partial charge in [0.25, 0.3) is 0 Å². The Morgan fingerprint density at radius 2 is 1.61 bits per heavy atom. The van der Waals surface area contributed by atoms with Crippen molar-refractivity contribution in [3.63, 3.8) is 0 Å². The van der Waals surface area contributed by atoms with E-state index in [-0.39, 0.29) is 5.97 Å². The molecule has 0 saturated carbocycles. The van der Waals surface area contributed by atoms with Crippen molar-refractivity contribution in [2.45, 2.75) is 59.8 Å². The third-order valence-electron chi connectivity index (χ3n) is 2.11. The summed E-state index contributed by atoms with van der Waals surface area (Å²) in [5.74, 6) is -0.357. The maximum atomic E-state index is 11.0. The van der Waals surface area contributed by atoms with Gasteiger partial charge in [0.05, 0.1) is 0 Å². The topological polar surface area (TPSA) is 54.0 Å². The number of hydrogen-bond acceptors (Lipinski definition) is 5. The van der Waals surface area contributed by atoms with Gasteiger partial charge in [-0.3, -0.25) is 4.79 Å². The SMILES string of the molecule is CCCO[Si](C)(OCCC)OC(CC)OC(C)=O. The fourth-order valence-corrected chi connectivity index (χ4v) is 3.36. The Morgan fingerprint density at radius 1 is 1.11 bits per heavy atom. The van der Waals surface area contributed by atoms with E-state index in [4.69, 9.17) is 18.0 Å². The summed E-state index contributed by atoms with van der Waals surface area (Å²) in [6.45, 7) is 10.3. The molecule has 5 nitrogen and oxygen atoms in total. The second kappa shape index (κ2) is 9.49. The molecule has 0 radical (unpaired) electrons. The monoisotopic (exact) mass is 278 g/mol. The quantitative estimate of drug-likeness (QED) is 0.349. The van der Waals surface area contributed by atoms with Gasteiger partial charge in [0.15, 0.2) is 6.29 Å². The Kier molecular flexibility index (Phi) is 9.26. The van der Waals surface area contributed by atoms with Crippen LogP contribution in [0.2, 0.25) is 6.55 Å². The Hall–Kier alpha value is -0.433. The number of ether oxygens (including phenoxy) is 1. The normalized spacial score (nSPS) is 13.4. The Balaban J connectivity index is 4.46. The van der Waals surface area contributed by atoms with Crippen molar-refractivity contribution in [2.24, 2.45) is 0 Å². The Bertz CT molecular complexity index is 227. The van der Waals surface area contributed by atoms with E-state index in [1.54, 1.807) is 0 Å². The van der Waals surface area contributed by atoms with Gasteiger partial charge in [-0.1, -0.05) is 20.8 Å². The molecule has 0 aromatic carbocycles. The Labute approximate surface area is 111 Å². The molecule has 0 fully saturated rings. The third kappa shape index (κ3) is 7.81. The minimum absolute atomic E-state index is 0.357. The van der Waals surface area contributed by atoms with Crippen LogP contribution in [-0.4, -0.2) is 34.3 Å². The second-order valence-electron chi connectivity index (χ2n) is 4.12. The van der Waals surface area contributed by atoms with Crippen molar-refractivity contribution < 1.29 is 22.8 Å². The van der Waals surface area contributed by atoms with E-state index in [2.05, 4.69) is 0 Å². The first-order valence-corrected chi connectivity index (χ1v) is 8.82. The highest BCUT2D eigenvalue weighted by molar-refractivity contribution is 6.59. The van der Waals surface area contributed by atoms with E-state index in [1.165, 1.54) is 6.92 Å². The van der Waals surface area contributed by atoms with Gasteiger partial charge in [-0.2, -0.15) is 0 Å². The zero-order chi connectivity index (χ0) is 14.0. The standard InChI is InChI=1S/C12H26O5Si/c1-6-9-14-18(5,15-10-7-2)17-12(8-3)16-11(4)13/h12H,6-10H2,1-5H3. The van der Waals surface area contributed by atoms with Crippen LogP contribution >= 0.6 is 0 Å². The van der Waals surface area contributed by atoms with Crippen LogP contribution in [0.3, 0.4) is 0 Å². The molecule has 0 aliphatic heterocycles. The first-order chi connectivity index (χ1) is 8.47. The number of esters is 1. The summed E-state index contributed by atoms with van der Waals surface area (Å²) < 4.78 is 22.2. The van der Waals surface area contributed by atoms with Crippen molar-refractivity contribution in [3.8, 4) is 0 Å². The fraction of sp³-hybridized carbons (Fsp3) is 0.917. The van der Waals surface area contributed by atoms with Crippen LogP contribution in [0.1, 0.15) is 47.0 Å². The second-order valence-corrected chi connectivity index (χ2v) is 6.66. The van der Waals surface area contributed by atoms with E-state index in [0.717, 1.165) is 12.8 Å². The van der Waals surface area contributed by atoms with Gasteiger partial charge >= 0.3 is 14.8 Å². The minimum Gasteiger partial charge on any atom is -0.437 e. The van der Waals surface area contributed by atoms with Gasteiger partial charge in [-0.15, -0.1) is 0 Å². The molecule has 108 valence electrons. The van der Waals surface area contributed by atoms with E-state index in [9.17, 15) is 4.79 Å². The predicted molar refractivity (Wildman–Crippen MR) is 71.0 cm³/mol. The summed E-state index contributed by atoms with van der Waals surface area (Å²) in [4.78, 5) is 11.0. The van der Waals surface area contributed by atoms with Crippen LogP contribution in [0.4, 0.5) is 0 Å². The molecule has 0 heterocycles. The molecule has 0 aromatic rings. The molecule has 0 amide bonds. The zero-order valence-corrected chi connectivity index (χ0v) is 13.2. The van der Waals surface area contributed by atoms with E-state index in [1.807, 2.05) is 27.3 Å². The molecule has 0 aromatic heterocycles. The lowest BCUT2D eigenvalue weighted by atomic mass is 10.5. The molecule has 6 heteroatoms. The highest BCUT2D eigenvalue weighted by atomic mass is 28.4. The van der Waals surface area contributed by atoms with Gasteiger partial charge in [0.2, 0.25) is 0 Å². The molecule has 0 N–H and O–H groups in total. The molecule has 0 saturated heterocycles. The summed E-state index contributed by atoms with van der Waals surface area (Å²) in [7, 11) is -2.72. The molecule has 18 heavy (non-hydrogen) atoms. The summed E-state index contributed by atoms with van der Waals surface area (Å²) in [6.07, 6.45) is 1.78. The molecular weight excluding hydrogens is 252 g/mol. The fourth-order valence-electron chi connectivity index (χ4n) is 1.30. The molecule has 0 spiro atoms. The van der Waals surface area contributed by atoms with E-state index in [0.29, 0.717) is 19.6 Å². The molecule has 0 bridgehead atoms. The highest BCUT2D eigenvalue weighted by Crippen LogP contribution is 2.16. The van der Waals surface area contributed by atoms with Crippen LogP contribution in [-0.2, 0) is 22.8 Å². The summed E-state index contributed by atoms with van der Waals surface area (Å²) in [6, 6.07) is 0. The van der Waals surface area contributed by atoms with Crippen molar-refractivity contribution in [1.29, 1.82) is 0 Å². The molecule has 1 atom stereocenters. The number of carbonyl (C=O) groups is 1.